The number of hydrogen-bond donors (Lipinski definition) is 1. The maximum atomic E-state index is 12.9. The summed E-state index contributed by atoms with van der Waals surface area (Å²) in [5.41, 5.74) is 1.31. The molecular weight excluding hydrogens is 424 g/mol. The lowest BCUT2D eigenvalue weighted by atomic mass is 10.1. The first-order valence-corrected chi connectivity index (χ1v) is 11.5. The fraction of sp³-hybridized carbons (Fsp3) is 0.440. The smallest absolute Gasteiger partial charge is 0.229 e. The minimum atomic E-state index is -0.457. The Labute approximate surface area is 193 Å². The summed E-state index contributed by atoms with van der Waals surface area (Å²) in [5, 5.41) is 2.93. The minimum absolute atomic E-state index is 0.0953. The summed E-state index contributed by atoms with van der Waals surface area (Å²) in [7, 11) is 0. The van der Waals surface area contributed by atoms with Gasteiger partial charge in [0, 0.05) is 36.5 Å². The lowest BCUT2D eigenvalue weighted by molar-refractivity contribution is -0.122. The number of nitrogens with zero attached hydrogens (tertiary/aromatic N) is 1. The zero-order valence-electron chi connectivity index (χ0n) is 19.1. The van der Waals surface area contributed by atoms with Crippen LogP contribution in [0.25, 0.3) is 0 Å². The van der Waals surface area contributed by atoms with Gasteiger partial charge in [-0.3, -0.25) is 9.59 Å². The summed E-state index contributed by atoms with van der Waals surface area (Å²) < 4.78 is 22.7. The Kier molecular flexibility index (Phi) is 7.22. The lowest BCUT2D eigenvalue weighted by Gasteiger charge is -2.22. The van der Waals surface area contributed by atoms with Crippen molar-refractivity contribution in [2.45, 2.75) is 33.1 Å². The molecule has 1 unspecified atom stereocenters. The van der Waals surface area contributed by atoms with E-state index in [2.05, 4.69) is 5.32 Å². The number of amides is 2. The van der Waals surface area contributed by atoms with E-state index in [0.29, 0.717) is 67.3 Å². The summed E-state index contributed by atoms with van der Waals surface area (Å²) in [6, 6.07) is 10.8. The van der Waals surface area contributed by atoms with E-state index in [1.165, 1.54) is 0 Å². The van der Waals surface area contributed by atoms with Crippen LogP contribution in [0.4, 0.5) is 11.4 Å². The molecule has 2 aliphatic rings. The highest BCUT2D eigenvalue weighted by Gasteiger charge is 2.35. The number of benzene rings is 2. The van der Waals surface area contributed by atoms with Gasteiger partial charge in [0.1, 0.15) is 13.2 Å². The van der Waals surface area contributed by atoms with Crippen molar-refractivity contribution in [2.75, 3.05) is 43.2 Å². The third-order valence-corrected chi connectivity index (χ3v) is 5.47. The zero-order chi connectivity index (χ0) is 23.2. The van der Waals surface area contributed by atoms with Crippen LogP contribution in [0.5, 0.6) is 23.0 Å². The standard InChI is InChI=1S/C25H30N2O6/c1-3-9-30-20-7-5-18(14-22(20)31-10-4-2)26-25(29)17-13-24(28)27(16-17)19-6-8-21-23(15-19)33-12-11-32-21/h5-8,14-15,17H,3-4,9-13,16H2,1-2H3,(H,26,29). The van der Waals surface area contributed by atoms with Crippen LogP contribution in [0.3, 0.4) is 0 Å². The van der Waals surface area contributed by atoms with Gasteiger partial charge in [-0.25, -0.2) is 0 Å². The molecule has 33 heavy (non-hydrogen) atoms. The van der Waals surface area contributed by atoms with E-state index in [0.717, 1.165) is 12.8 Å². The summed E-state index contributed by atoms with van der Waals surface area (Å²) in [6.07, 6.45) is 1.90. The Bertz CT molecular complexity index is 1010. The average molecular weight is 455 g/mol. The number of carbonyl (C=O) groups excluding carboxylic acids is 2. The summed E-state index contributed by atoms with van der Waals surface area (Å²) in [4.78, 5) is 27.2. The third kappa shape index (κ3) is 5.32. The topological polar surface area (TPSA) is 86.3 Å². The maximum Gasteiger partial charge on any atom is 0.229 e. The second kappa shape index (κ2) is 10.5. The molecule has 0 saturated carbocycles. The Morgan fingerprint density at radius 1 is 1.00 bits per heavy atom. The van der Waals surface area contributed by atoms with E-state index in [1.54, 1.807) is 35.2 Å². The normalized spacial score (nSPS) is 17.1. The van der Waals surface area contributed by atoms with Gasteiger partial charge in [0.2, 0.25) is 11.8 Å². The van der Waals surface area contributed by atoms with E-state index in [9.17, 15) is 9.59 Å². The van der Waals surface area contributed by atoms with Crippen molar-refractivity contribution in [1.29, 1.82) is 0 Å². The van der Waals surface area contributed by atoms with Crippen LogP contribution in [-0.2, 0) is 9.59 Å². The molecule has 4 rings (SSSR count). The summed E-state index contributed by atoms with van der Waals surface area (Å²) in [6.45, 7) is 6.51. The van der Waals surface area contributed by atoms with Crippen LogP contribution < -0.4 is 29.2 Å². The second-order valence-corrected chi connectivity index (χ2v) is 8.08. The third-order valence-electron chi connectivity index (χ3n) is 5.47. The molecular formula is C25H30N2O6. The van der Waals surface area contributed by atoms with E-state index < -0.39 is 5.92 Å². The molecule has 1 atom stereocenters. The Morgan fingerprint density at radius 2 is 1.73 bits per heavy atom. The molecule has 2 aromatic carbocycles. The van der Waals surface area contributed by atoms with E-state index in [-0.39, 0.29) is 18.2 Å². The SMILES string of the molecule is CCCOc1ccc(NC(=O)C2CC(=O)N(c3ccc4c(c3)OCCO4)C2)cc1OCCC. The molecule has 2 heterocycles. The maximum absolute atomic E-state index is 12.9. The van der Waals surface area contributed by atoms with Crippen molar-refractivity contribution >= 4 is 23.2 Å². The molecule has 1 N–H and O–H groups in total. The van der Waals surface area contributed by atoms with Gasteiger partial charge in [0.05, 0.1) is 19.1 Å². The summed E-state index contributed by atoms with van der Waals surface area (Å²) in [5.74, 6) is 1.78. The molecule has 8 nitrogen and oxygen atoms in total. The Hall–Kier alpha value is -3.42. The van der Waals surface area contributed by atoms with Crippen LogP contribution in [0.15, 0.2) is 36.4 Å². The van der Waals surface area contributed by atoms with Gasteiger partial charge < -0.3 is 29.2 Å². The van der Waals surface area contributed by atoms with Crippen LogP contribution in [-0.4, -0.2) is 44.8 Å². The largest absolute Gasteiger partial charge is 0.490 e. The van der Waals surface area contributed by atoms with Gasteiger partial charge in [-0.2, -0.15) is 0 Å². The van der Waals surface area contributed by atoms with Crippen LogP contribution in [0.2, 0.25) is 0 Å². The van der Waals surface area contributed by atoms with Crippen molar-refractivity contribution in [2.24, 2.45) is 5.92 Å². The van der Waals surface area contributed by atoms with Gasteiger partial charge in [-0.05, 0) is 37.1 Å². The first kappa shape index (κ1) is 22.8. The lowest BCUT2D eigenvalue weighted by Crippen LogP contribution is -2.28. The number of anilines is 2. The highest BCUT2D eigenvalue weighted by Crippen LogP contribution is 2.36. The van der Waals surface area contributed by atoms with Crippen molar-refractivity contribution in [3.05, 3.63) is 36.4 Å². The molecule has 2 aliphatic heterocycles. The molecule has 1 fully saturated rings. The molecule has 2 amide bonds. The van der Waals surface area contributed by atoms with Crippen LogP contribution in [0.1, 0.15) is 33.1 Å². The van der Waals surface area contributed by atoms with Crippen LogP contribution >= 0.6 is 0 Å². The molecule has 8 heteroatoms. The quantitative estimate of drug-likeness (QED) is 0.616. The molecule has 0 aliphatic carbocycles. The molecule has 0 aromatic heterocycles. The molecule has 0 bridgehead atoms. The predicted molar refractivity (Wildman–Crippen MR) is 125 cm³/mol. The summed E-state index contributed by atoms with van der Waals surface area (Å²) >= 11 is 0. The second-order valence-electron chi connectivity index (χ2n) is 8.08. The monoisotopic (exact) mass is 454 g/mol. The number of nitrogens with one attached hydrogen (secondary N) is 1. The molecule has 0 radical (unpaired) electrons. The molecule has 2 aromatic rings. The van der Waals surface area contributed by atoms with Gasteiger partial charge in [-0.15, -0.1) is 0 Å². The van der Waals surface area contributed by atoms with Gasteiger partial charge >= 0.3 is 0 Å². The molecule has 0 spiro atoms. The Balaban J connectivity index is 1.43. The first-order valence-electron chi connectivity index (χ1n) is 11.5. The number of carbonyl (C=O) groups is 2. The number of fused-ring (bicyclic) bond motifs is 1. The molecule has 1 saturated heterocycles. The van der Waals surface area contributed by atoms with Crippen molar-refractivity contribution < 1.29 is 28.5 Å². The number of ether oxygens (including phenoxy) is 4. The fourth-order valence-electron chi connectivity index (χ4n) is 3.82. The highest BCUT2D eigenvalue weighted by molar-refractivity contribution is 6.03. The van der Waals surface area contributed by atoms with Crippen molar-refractivity contribution in [3.8, 4) is 23.0 Å². The highest BCUT2D eigenvalue weighted by atomic mass is 16.6. The number of hydrogen-bond acceptors (Lipinski definition) is 6. The fourth-order valence-corrected chi connectivity index (χ4v) is 3.82. The average Bonchev–Trinajstić information content (AvgIpc) is 3.23. The van der Waals surface area contributed by atoms with Crippen molar-refractivity contribution in [3.63, 3.8) is 0 Å². The zero-order valence-corrected chi connectivity index (χ0v) is 19.1. The van der Waals surface area contributed by atoms with Gasteiger partial charge in [0.25, 0.3) is 0 Å². The van der Waals surface area contributed by atoms with Gasteiger partial charge in [0.15, 0.2) is 23.0 Å². The number of rotatable bonds is 9. The predicted octanol–water partition coefficient (Wildman–Crippen LogP) is 4.03. The van der Waals surface area contributed by atoms with E-state index in [4.69, 9.17) is 18.9 Å². The van der Waals surface area contributed by atoms with Crippen LogP contribution in [0, 0.1) is 5.92 Å². The van der Waals surface area contributed by atoms with E-state index >= 15 is 0 Å². The van der Waals surface area contributed by atoms with E-state index in [1.807, 2.05) is 19.9 Å². The minimum Gasteiger partial charge on any atom is -0.490 e. The van der Waals surface area contributed by atoms with Crippen molar-refractivity contribution in [1.82, 2.24) is 0 Å². The molecule has 176 valence electrons. The van der Waals surface area contributed by atoms with Gasteiger partial charge in [-0.1, -0.05) is 13.8 Å². The Morgan fingerprint density at radius 3 is 2.48 bits per heavy atom. The first-order chi connectivity index (χ1) is 16.1.